The number of rotatable bonds is 8. The van der Waals surface area contributed by atoms with E-state index in [1.807, 2.05) is 6.07 Å². The van der Waals surface area contributed by atoms with Crippen LogP contribution in [0.25, 0.3) is 5.57 Å². The molecule has 1 unspecified atom stereocenters. The molecule has 0 aliphatic carbocycles. The van der Waals surface area contributed by atoms with Gasteiger partial charge < -0.3 is 4.90 Å². The third-order valence-corrected chi connectivity index (χ3v) is 6.38. The van der Waals surface area contributed by atoms with Crippen molar-refractivity contribution in [1.29, 1.82) is 0 Å². The minimum atomic E-state index is 0.558. The molecule has 1 heterocycles. The molecule has 0 saturated carbocycles. The van der Waals surface area contributed by atoms with Crippen LogP contribution < -0.4 is 4.90 Å². The van der Waals surface area contributed by atoms with E-state index in [1.165, 1.54) is 40.1 Å². The zero-order valence-electron chi connectivity index (χ0n) is 18.9. The number of halogens is 1. The average Bonchev–Trinajstić information content (AvgIpc) is 3.23. The van der Waals surface area contributed by atoms with Crippen molar-refractivity contribution >= 4 is 28.6 Å². The summed E-state index contributed by atoms with van der Waals surface area (Å²) >= 11 is 6.28. The maximum Gasteiger partial charge on any atom is 0.0429 e. The molecule has 1 fully saturated rings. The molecular weight excluding hydrogens is 388 g/mol. The normalized spacial score (nSPS) is 17.6. The number of unbranched alkanes of at least 4 members (excludes halogenated alkanes) is 1. The topological polar surface area (TPSA) is 15.6 Å². The third-order valence-electron chi connectivity index (χ3n) is 6.15. The summed E-state index contributed by atoms with van der Waals surface area (Å²) < 4.78 is 0. The van der Waals surface area contributed by atoms with Gasteiger partial charge in [0.15, 0.2) is 0 Å². The Balaban J connectivity index is 1.62. The predicted octanol–water partition coefficient (Wildman–Crippen LogP) is 7.52. The molecule has 3 heteroatoms. The number of hydrogen-bond donors (Lipinski definition) is 0. The van der Waals surface area contributed by atoms with Crippen LogP contribution in [0, 0.1) is 19.8 Å². The Hall–Kier alpha value is -2.06. The van der Waals surface area contributed by atoms with Gasteiger partial charge in [0.2, 0.25) is 0 Å². The molecule has 0 aromatic heterocycles. The first-order valence-corrected chi connectivity index (χ1v) is 11.6. The second-order valence-corrected chi connectivity index (χ2v) is 8.95. The summed E-state index contributed by atoms with van der Waals surface area (Å²) in [6.07, 6.45) is 6.78. The molecule has 1 saturated heterocycles. The molecule has 1 atom stereocenters. The Kier molecular flexibility index (Phi) is 8.16. The lowest BCUT2D eigenvalue weighted by Crippen LogP contribution is -2.22. The lowest BCUT2D eigenvalue weighted by Gasteiger charge is -2.19. The molecular formula is C27H35ClN2. The van der Waals surface area contributed by atoms with Crippen molar-refractivity contribution in [2.45, 2.75) is 53.4 Å². The molecule has 2 aromatic carbocycles. The van der Waals surface area contributed by atoms with Crippen molar-refractivity contribution in [3.05, 3.63) is 70.3 Å². The molecule has 30 heavy (non-hydrogen) atoms. The maximum absolute atomic E-state index is 6.28. The van der Waals surface area contributed by atoms with Gasteiger partial charge in [-0.25, -0.2) is 0 Å². The summed E-state index contributed by atoms with van der Waals surface area (Å²) in [5.74, 6) is 0.558. The van der Waals surface area contributed by atoms with E-state index in [0.717, 1.165) is 43.9 Å². The fraction of sp³-hybridized carbons (Fsp3) is 0.444. The highest BCUT2D eigenvalue weighted by molar-refractivity contribution is 6.30. The van der Waals surface area contributed by atoms with Gasteiger partial charge in [0.1, 0.15) is 0 Å². The van der Waals surface area contributed by atoms with E-state index < -0.39 is 0 Å². The molecule has 1 aliphatic rings. The fourth-order valence-corrected chi connectivity index (χ4v) is 4.35. The van der Waals surface area contributed by atoms with Crippen LogP contribution in [0.3, 0.4) is 0 Å². The van der Waals surface area contributed by atoms with Gasteiger partial charge >= 0.3 is 0 Å². The van der Waals surface area contributed by atoms with Crippen LogP contribution in [0.1, 0.15) is 56.2 Å². The number of anilines is 1. The van der Waals surface area contributed by atoms with Crippen molar-refractivity contribution < 1.29 is 0 Å². The summed E-state index contributed by atoms with van der Waals surface area (Å²) in [5, 5.41) is 0.805. The van der Waals surface area contributed by atoms with Gasteiger partial charge in [-0.05, 0) is 81.0 Å². The van der Waals surface area contributed by atoms with Gasteiger partial charge in [0, 0.05) is 42.0 Å². The summed E-state index contributed by atoms with van der Waals surface area (Å²) in [7, 11) is 0. The minimum Gasteiger partial charge on any atom is -0.371 e. The van der Waals surface area contributed by atoms with Gasteiger partial charge in [0.05, 0.1) is 0 Å². The molecule has 3 rings (SSSR count). The van der Waals surface area contributed by atoms with Crippen LogP contribution in [0.5, 0.6) is 0 Å². The lowest BCUT2D eigenvalue weighted by atomic mass is 9.96. The van der Waals surface area contributed by atoms with E-state index in [9.17, 15) is 0 Å². The summed E-state index contributed by atoms with van der Waals surface area (Å²) in [5.41, 5.74) is 7.87. The highest BCUT2D eigenvalue weighted by Gasteiger charge is 2.24. The molecule has 1 aliphatic heterocycles. The van der Waals surface area contributed by atoms with Gasteiger partial charge in [-0.15, -0.1) is 0 Å². The molecule has 2 aromatic rings. The molecule has 0 amide bonds. The van der Waals surface area contributed by atoms with E-state index in [1.54, 1.807) is 0 Å². The van der Waals surface area contributed by atoms with Gasteiger partial charge in [-0.3, -0.25) is 4.99 Å². The van der Waals surface area contributed by atoms with Crippen molar-refractivity contribution in [3.8, 4) is 0 Å². The SMILES string of the molecule is CCCC=C(CCN=C(C)C1CCN(c2ccc(C)cc2)C1)c1cc(Cl)ccc1C. The number of benzene rings is 2. The predicted molar refractivity (Wildman–Crippen MR) is 133 cm³/mol. The number of allylic oxidation sites excluding steroid dienone is 1. The Bertz CT molecular complexity index is 896. The number of aliphatic imine (C=N–C) groups is 1. The molecule has 0 spiro atoms. The first-order valence-electron chi connectivity index (χ1n) is 11.3. The molecule has 2 nitrogen and oxygen atoms in total. The van der Waals surface area contributed by atoms with Crippen LogP contribution in [0.4, 0.5) is 5.69 Å². The van der Waals surface area contributed by atoms with E-state index in [2.05, 4.69) is 75.1 Å². The lowest BCUT2D eigenvalue weighted by molar-refractivity contribution is 0.771. The number of hydrogen-bond acceptors (Lipinski definition) is 2. The highest BCUT2D eigenvalue weighted by atomic mass is 35.5. The van der Waals surface area contributed by atoms with E-state index >= 15 is 0 Å². The zero-order chi connectivity index (χ0) is 21.5. The largest absolute Gasteiger partial charge is 0.371 e. The summed E-state index contributed by atoms with van der Waals surface area (Å²) in [6.45, 7) is 11.8. The Labute approximate surface area is 187 Å². The average molecular weight is 423 g/mol. The first-order chi connectivity index (χ1) is 14.5. The van der Waals surface area contributed by atoms with Crippen LogP contribution >= 0.6 is 11.6 Å². The first kappa shape index (κ1) is 22.6. The Morgan fingerprint density at radius 1 is 1.17 bits per heavy atom. The van der Waals surface area contributed by atoms with E-state index in [-0.39, 0.29) is 0 Å². The zero-order valence-corrected chi connectivity index (χ0v) is 19.7. The molecule has 0 bridgehead atoms. The highest BCUT2D eigenvalue weighted by Crippen LogP contribution is 2.27. The van der Waals surface area contributed by atoms with Crippen molar-refractivity contribution in [3.63, 3.8) is 0 Å². The number of aryl methyl sites for hydroxylation is 2. The van der Waals surface area contributed by atoms with Crippen LogP contribution in [-0.2, 0) is 0 Å². The van der Waals surface area contributed by atoms with Gasteiger partial charge in [-0.2, -0.15) is 0 Å². The van der Waals surface area contributed by atoms with Gasteiger partial charge in [-0.1, -0.05) is 54.8 Å². The second-order valence-electron chi connectivity index (χ2n) is 8.52. The quantitative estimate of drug-likeness (QED) is 0.401. The number of nitrogens with zero attached hydrogens (tertiary/aromatic N) is 2. The Morgan fingerprint density at radius 3 is 2.67 bits per heavy atom. The monoisotopic (exact) mass is 422 g/mol. The smallest absolute Gasteiger partial charge is 0.0429 e. The molecule has 160 valence electrons. The standard InChI is InChI=1S/C27H35ClN2/c1-5-6-7-23(27-18-25(28)11-10-21(27)3)14-16-29-22(4)24-15-17-30(19-24)26-12-8-20(2)9-13-26/h7-13,18,24H,5-6,14-17,19H2,1-4H3. The second kappa shape index (κ2) is 10.8. The summed E-state index contributed by atoms with van der Waals surface area (Å²) in [6, 6.07) is 15.1. The molecule has 0 N–H and O–H groups in total. The van der Waals surface area contributed by atoms with E-state index in [4.69, 9.17) is 16.6 Å². The summed E-state index contributed by atoms with van der Waals surface area (Å²) in [4.78, 5) is 7.48. The van der Waals surface area contributed by atoms with Crippen LogP contribution in [0.15, 0.2) is 53.5 Å². The Morgan fingerprint density at radius 2 is 1.93 bits per heavy atom. The van der Waals surface area contributed by atoms with Crippen LogP contribution in [-0.4, -0.2) is 25.3 Å². The minimum absolute atomic E-state index is 0.558. The maximum atomic E-state index is 6.28. The van der Waals surface area contributed by atoms with Crippen molar-refractivity contribution in [1.82, 2.24) is 0 Å². The van der Waals surface area contributed by atoms with Crippen molar-refractivity contribution in [2.24, 2.45) is 10.9 Å². The van der Waals surface area contributed by atoms with Crippen LogP contribution in [0.2, 0.25) is 5.02 Å². The van der Waals surface area contributed by atoms with E-state index in [0.29, 0.717) is 5.92 Å². The van der Waals surface area contributed by atoms with Crippen molar-refractivity contribution in [2.75, 3.05) is 24.5 Å². The fourth-order valence-electron chi connectivity index (χ4n) is 4.18. The third kappa shape index (κ3) is 5.98. The molecule has 0 radical (unpaired) electrons. The van der Waals surface area contributed by atoms with Gasteiger partial charge in [0.25, 0.3) is 0 Å².